The molecule has 114 valence electrons. The second-order valence-electron chi connectivity index (χ2n) is 9.15. The van der Waals surface area contributed by atoms with Crippen LogP contribution in [-0.4, -0.2) is 12.2 Å². The fraction of sp³-hybridized carbons (Fsp3) is 1.00. The molecule has 1 aliphatic carbocycles. The maximum atomic E-state index is 6.40. The summed E-state index contributed by atoms with van der Waals surface area (Å²) in [5, 5.41) is 0. The Labute approximate surface area is 121 Å². The van der Waals surface area contributed by atoms with Crippen molar-refractivity contribution >= 4 is 0 Å². The molecule has 1 unspecified atom stereocenters. The highest BCUT2D eigenvalue weighted by atomic mass is 16.5. The SMILES string of the molecule is CC(C)(C)CC(COC1(C)CCCCC1)C(C)(C)C. The number of hydrogen-bond acceptors (Lipinski definition) is 1. The van der Waals surface area contributed by atoms with Crippen LogP contribution in [0.5, 0.6) is 0 Å². The van der Waals surface area contributed by atoms with Gasteiger partial charge in [-0.1, -0.05) is 60.8 Å². The molecule has 0 radical (unpaired) electrons. The Balaban J connectivity index is 2.58. The van der Waals surface area contributed by atoms with Crippen LogP contribution in [-0.2, 0) is 4.74 Å². The monoisotopic (exact) mass is 268 g/mol. The summed E-state index contributed by atoms with van der Waals surface area (Å²) in [6, 6.07) is 0. The lowest BCUT2D eigenvalue weighted by Crippen LogP contribution is -2.37. The molecule has 0 aliphatic heterocycles. The minimum absolute atomic E-state index is 0.152. The summed E-state index contributed by atoms with van der Waals surface area (Å²) in [6.07, 6.45) is 7.82. The van der Waals surface area contributed by atoms with Gasteiger partial charge in [0.25, 0.3) is 0 Å². The molecule has 0 spiro atoms. The van der Waals surface area contributed by atoms with E-state index in [0.29, 0.717) is 16.7 Å². The molecular weight excluding hydrogens is 232 g/mol. The third kappa shape index (κ3) is 6.29. The molecule has 0 N–H and O–H groups in total. The van der Waals surface area contributed by atoms with Crippen molar-refractivity contribution in [3.05, 3.63) is 0 Å². The highest BCUT2D eigenvalue weighted by molar-refractivity contribution is 4.83. The molecule has 1 heteroatoms. The predicted octanol–water partition coefficient (Wildman–Crippen LogP) is 5.82. The smallest absolute Gasteiger partial charge is 0.0654 e. The maximum absolute atomic E-state index is 6.40. The first-order chi connectivity index (χ1) is 8.52. The standard InChI is InChI=1S/C18H36O/c1-16(2,3)13-15(17(4,5)6)14-19-18(7)11-9-8-10-12-18/h15H,8-14H2,1-7H3. The molecular formula is C18H36O. The molecule has 0 aromatic heterocycles. The summed E-state index contributed by atoms with van der Waals surface area (Å²) < 4.78 is 6.40. The molecule has 1 fully saturated rings. The number of ether oxygens (including phenoxy) is 1. The van der Waals surface area contributed by atoms with Crippen molar-refractivity contribution < 1.29 is 4.74 Å². The summed E-state index contributed by atoms with van der Waals surface area (Å²) in [5.74, 6) is 0.645. The molecule has 1 aliphatic rings. The second kappa shape index (κ2) is 6.16. The van der Waals surface area contributed by atoms with Crippen molar-refractivity contribution in [1.82, 2.24) is 0 Å². The Morgan fingerprint density at radius 2 is 1.47 bits per heavy atom. The predicted molar refractivity (Wildman–Crippen MR) is 84.5 cm³/mol. The quantitative estimate of drug-likeness (QED) is 0.624. The third-order valence-corrected chi connectivity index (χ3v) is 4.63. The summed E-state index contributed by atoms with van der Waals surface area (Å²) in [6.45, 7) is 17.3. The van der Waals surface area contributed by atoms with Gasteiger partial charge in [0.1, 0.15) is 0 Å². The highest BCUT2D eigenvalue weighted by Crippen LogP contribution is 2.38. The third-order valence-electron chi connectivity index (χ3n) is 4.63. The summed E-state index contributed by atoms with van der Waals surface area (Å²) >= 11 is 0. The molecule has 19 heavy (non-hydrogen) atoms. The molecule has 1 rings (SSSR count). The number of hydrogen-bond donors (Lipinski definition) is 0. The minimum Gasteiger partial charge on any atom is -0.375 e. The van der Waals surface area contributed by atoms with Crippen LogP contribution < -0.4 is 0 Å². The lowest BCUT2D eigenvalue weighted by atomic mass is 9.72. The van der Waals surface area contributed by atoms with E-state index in [1.807, 2.05) is 0 Å². The van der Waals surface area contributed by atoms with Gasteiger partial charge < -0.3 is 4.74 Å². The average Bonchev–Trinajstić information content (AvgIpc) is 2.22. The number of rotatable bonds is 4. The van der Waals surface area contributed by atoms with Gasteiger partial charge in [0, 0.05) is 0 Å². The first kappa shape index (κ1) is 17.0. The zero-order valence-electron chi connectivity index (χ0n) is 14.4. The molecule has 0 aromatic rings. The van der Waals surface area contributed by atoms with E-state index >= 15 is 0 Å². The van der Waals surface area contributed by atoms with Gasteiger partial charge in [0.2, 0.25) is 0 Å². The van der Waals surface area contributed by atoms with E-state index in [4.69, 9.17) is 4.74 Å². The first-order valence-electron chi connectivity index (χ1n) is 8.16. The topological polar surface area (TPSA) is 9.23 Å². The van der Waals surface area contributed by atoms with Gasteiger partial charge in [-0.05, 0) is 42.9 Å². The van der Waals surface area contributed by atoms with Crippen LogP contribution in [0.4, 0.5) is 0 Å². The summed E-state index contributed by atoms with van der Waals surface area (Å²) in [5.41, 5.74) is 0.868. The molecule has 0 saturated heterocycles. The van der Waals surface area contributed by atoms with Crippen LogP contribution >= 0.6 is 0 Å². The molecule has 1 saturated carbocycles. The molecule has 1 atom stereocenters. The van der Waals surface area contributed by atoms with Crippen LogP contribution in [0.25, 0.3) is 0 Å². The first-order valence-corrected chi connectivity index (χ1v) is 8.16. The van der Waals surface area contributed by atoms with E-state index in [0.717, 1.165) is 6.61 Å². The van der Waals surface area contributed by atoms with E-state index in [9.17, 15) is 0 Å². The highest BCUT2D eigenvalue weighted by Gasteiger charge is 2.33. The van der Waals surface area contributed by atoms with E-state index < -0.39 is 0 Å². The van der Waals surface area contributed by atoms with E-state index in [1.165, 1.54) is 38.5 Å². The van der Waals surface area contributed by atoms with Crippen LogP contribution in [0.1, 0.15) is 87.0 Å². The molecule has 1 nitrogen and oxygen atoms in total. The lowest BCUT2D eigenvalue weighted by molar-refractivity contribution is -0.0888. The minimum atomic E-state index is 0.152. The van der Waals surface area contributed by atoms with Crippen molar-refractivity contribution in [3.63, 3.8) is 0 Å². The van der Waals surface area contributed by atoms with Crippen LogP contribution in [0.2, 0.25) is 0 Å². The van der Waals surface area contributed by atoms with Gasteiger partial charge >= 0.3 is 0 Å². The Kier molecular flexibility index (Phi) is 5.52. The second-order valence-corrected chi connectivity index (χ2v) is 9.15. The normalized spacial score (nSPS) is 22.3. The average molecular weight is 268 g/mol. The Hall–Kier alpha value is -0.0400. The Morgan fingerprint density at radius 3 is 1.89 bits per heavy atom. The summed E-state index contributed by atoms with van der Waals surface area (Å²) in [4.78, 5) is 0. The van der Waals surface area contributed by atoms with Crippen molar-refractivity contribution in [2.75, 3.05) is 6.61 Å². The van der Waals surface area contributed by atoms with Gasteiger partial charge in [-0.15, -0.1) is 0 Å². The molecule has 0 bridgehead atoms. The summed E-state index contributed by atoms with van der Waals surface area (Å²) in [7, 11) is 0. The lowest BCUT2D eigenvalue weighted by Gasteiger charge is -2.40. The van der Waals surface area contributed by atoms with Gasteiger partial charge in [-0.2, -0.15) is 0 Å². The van der Waals surface area contributed by atoms with Crippen molar-refractivity contribution in [2.24, 2.45) is 16.7 Å². The molecule has 0 amide bonds. The van der Waals surface area contributed by atoms with Crippen LogP contribution in [0.15, 0.2) is 0 Å². The Bertz CT molecular complexity index is 260. The van der Waals surface area contributed by atoms with Crippen LogP contribution in [0, 0.1) is 16.7 Å². The largest absolute Gasteiger partial charge is 0.375 e. The van der Waals surface area contributed by atoms with E-state index in [1.54, 1.807) is 0 Å². The fourth-order valence-corrected chi connectivity index (χ4v) is 3.10. The van der Waals surface area contributed by atoms with Gasteiger partial charge in [-0.3, -0.25) is 0 Å². The van der Waals surface area contributed by atoms with Crippen molar-refractivity contribution in [1.29, 1.82) is 0 Å². The maximum Gasteiger partial charge on any atom is 0.0654 e. The van der Waals surface area contributed by atoms with Gasteiger partial charge in [0.15, 0.2) is 0 Å². The molecule has 0 heterocycles. The van der Waals surface area contributed by atoms with Gasteiger partial charge in [-0.25, -0.2) is 0 Å². The fourth-order valence-electron chi connectivity index (χ4n) is 3.10. The van der Waals surface area contributed by atoms with E-state index in [2.05, 4.69) is 48.5 Å². The van der Waals surface area contributed by atoms with Crippen LogP contribution in [0.3, 0.4) is 0 Å². The zero-order chi connectivity index (χ0) is 14.7. The van der Waals surface area contributed by atoms with Crippen molar-refractivity contribution in [2.45, 2.75) is 92.6 Å². The van der Waals surface area contributed by atoms with Gasteiger partial charge in [0.05, 0.1) is 12.2 Å². The zero-order valence-corrected chi connectivity index (χ0v) is 14.4. The van der Waals surface area contributed by atoms with E-state index in [-0.39, 0.29) is 5.60 Å². The van der Waals surface area contributed by atoms with Crippen molar-refractivity contribution in [3.8, 4) is 0 Å². The Morgan fingerprint density at radius 1 is 0.947 bits per heavy atom. The molecule has 0 aromatic carbocycles.